The number of amides is 1. The Morgan fingerprint density at radius 2 is 2.00 bits per heavy atom. The number of carbonyl (C=O) groups is 2. The summed E-state index contributed by atoms with van der Waals surface area (Å²) < 4.78 is 7.45. The number of aliphatic hydroxyl groups excluding tert-OH is 1. The molecule has 11 heteroatoms. The Bertz CT molecular complexity index is 1250. The molecule has 210 valence electrons. The van der Waals surface area contributed by atoms with E-state index in [9.17, 15) is 9.59 Å². The Labute approximate surface area is 229 Å². The summed E-state index contributed by atoms with van der Waals surface area (Å²) in [7, 11) is 1.86. The molecule has 4 rings (SSSR count). The molecule has 1 fully saturated rings. The van der Waals surface area contributed by atoms with Crippen LogP contribution in [0.4, 0.5) is 11.6 Å². The first-order valence-electron chi connectivity index (χ1n) is 13.0. The Morgan fingerprint density at radius 3 is 2.56 bits per heavy atom. The van der Waals surface area contributed by atoms with Crippen LogP contribution in [0.3, 0.4) is 0 Å². The van der Waals surface area contributed by atoms with E-state index in [1.54, 1.807) is 17.1 Å². The second kappa shape index (κ2) is 13.9. The largest absolute Gasteiger partial charge is 0.394 e. The van der Waals surface area contributed by atoms with Gasteiger partial charge in [-0.25, -0.2) is 9.97 Å². The molecule has 0 aliphatic carbocycles. The average Bonchev–Trinajstić information content (AvgIpc) is 3.29. The molecule has 0 spiro atoms. The van der Waals surface area contributed by atoms with Crippen LogP contribution in [-0.4, -0.2) is 79.4 Å². The van der Waals surface area contributed by atoms with Crippen LogP contribution in [0.1, 0.15) is 38.3 Å². The molecule has 1 aromatic carbocycles. The van der Waals surface area contributed by atoms with Gasteiger partial charge in [0, 0.05) is 44.5 Å². The van der Waals surface area contributed by atoms with Crippen molar-refractivity contribution in [1.29, 1.82) is 0 Å². The molecule has 1 aliphatic heterocycles. The summed E-state index contributed by atoms with van der Waals surface area (Å²) in [6.07, 6.45) is 6.98. The van der Waals surface area contributed by atoms with E-state index in [4.69, 9.17) is 15.6 Å². The van der Waals surface area contributed by atoms with Gasteiger partial charge in [-0.3, -0.25) is 14.3 Å². The van der Waals surface area contributed by atoms with Gasteiger partial charge in [0.2, 0.25) is 11.9 Å². The van der Waals surface area contributed by atoms with Gasteiger partial charge in [0.1, 0.15) is 5.78 Å². The molecule has 1 atom stereocenters. The summed E-state index contributed by atoms with van der Waals surface area (Å²) in [6.45, 7) is 8.63. The van der Waals surface area contributed by atoms with Crippen LogP contribution in [0.25, 0.3) is 11.3 Å². The van der Waals surface area contributed by atoms with Crippen molar-refractivity contribution in [2.75, 3.05) is 25.0 Å². The molecule has 2 aromatic heterocycles. The van der Waals surface area contributed by atoms with E-state index in [2.05, 4.69) is 45.5 Å². The third-order valence-electron chi connectivity index (χ3n) is 6.25. The summed E-state index contributed by atoms with van der Waals surface area (Å²) in [5.41, 5.74) is 10.0. The number of hydrogen-bond donors (Lipinski definition) is 3. The third-order valence-corrected chi connectivity index (χ3v) is 6.25. The van der Waals surface area contributed by atoms with Crippen LogP contribution in [-0.2, 0) is 27.8 Å². The molecule has 1 aliphatic rings. The number of rotatable bonds is 10. The number of nitrogens with one attached hydrogen (secondary N) is 1. The zero-order chi connectivity index (χ0) is 28.5. The summed E-state index contributed by atoms with van der Waals surface area (Å²) in [6, 6.07) is 7.48. The molecule has 0 unspecified atom stereocenters. The van der Waals surface area contributed by atoms with Gasteiger partial charge in [-0.05, 0) is 57.4 Å². The molecule has 0 bridgehead atoms. The fourth-order valence-electron chi connectivity index (χ4n) is 3.97. The fraction of sp³-hybridized carbons (Fsp3) is 0.464. The van der Waals surface area contributed by atoms with Crippen LogP contribution in [0.2, 0.25) is 0 Å². The summed E-state index contributed by atoms with van der Waals surface area (Å²) in [5.74, 6) is 0.540. The van der Waals surface area contributed by atoms with Gasteiger partial charge in [0.15, 0.2) is 0 Å². The summed E-state index contributed by atoms with van der Waals surface area (Å²) in [4.78, 5) is 33.4. The van der Waals surface area contributed by atoms with E-state index < -0.39 is 6.04 Å². The van der Waals surface area contributed by atoms with Crippen molar-refractivity contribution in [3.63, 3.8) is 0 Å². The van der Waals surface area contributed by atoms with E-state index in [1.807, 2.05) is 38.1 Å². The lowest BCUT2D eigenvalue weighted by molar-refractivity contribution is -0.148. The van der Waals surface area contributed by atoms with Gasteiger partial charge in [-0.1, -0.05) is 12.1 Å². The zero-order valence-electron chi connectivity index (χ0n) is 23.3. The monoisotopic (exact) mass is 537 g/mol. The number of aryl methyl sites for hydroxylation is 3. The molecule has 0 radical (unpaired) electrons. The second-order valence-corrected chi connectivity index (χ2v) is 9.94. The highest BCUT2D eigenvalue weighted by Gasteiger charge is 2.31. The van der Waals surface area contributed by atoms with Gasteiger partial charge in [-0.15, -0.1) is 0 Å². The number of anilines is 2. The van der Waals surface area contributed by atoms with E-state index in [1.165, 1.54) is 12.5 Å². The van der Waals surface area contributed by atoms with E-state index in [0.29, 0.717) is 25.5 Å². The van der Waals surface area contributed by atoms with Gasteiger partial charge >= 0.3 is 0 Å². The molecule has 0 saturated carbocycles. The van der Waals surface area contributed by atoms with Crippen molar-refractivity contribution < 1.29 is 19.4 Å². The number of nitrogens with two attached hydrogens (primary N) is 1. The number of ketones is 1. The molecular weight excluding hydrogens is 498 g/mol. The van der Waals surface area contributed by atoms with Gasteiger partial charge in [0.05, 0.1) is 42.4 Å². The predicted octanol–water partition coefficient (Wildman–Crippen LogP) is 2.39. The third kappa shape index (κ3) is 8.95. The van der Waals surface area contributed by atoms with Crippen LogP contribution in [0.15, 0.2) is 42.9 Å². The maximum Gasteiger partial charge on any atom is 0.227 e. The Balaban J connectivity index is 0.000000532. The van der Waals surface area contributed by atoms with E-state index in [0.717, 1.165) is 28.9 Å². The van der Waals surface area contributed by atoms with Crippen molar-refractivity contribution in [2.24, 2.45) is 12.8 Å². The highest BCUT2D eigenvalue weighted by molar-refractivity contribution is 5.81. The number of hydrogen-bond acceptors (Lipinski definition) is 9. The number of aliphatic hydroxyl groups is 1. The number of aromatic nitrogens is 4. The van der Waals surface area contributed by atoms with Crippen molar-refractivity contribution in [1.82, 2.24) is 24.6 Å². The van der Waals surface area contributed by atoms with E-state index in [-0.39, 0.29) is 30.5 Å². The molecule has 11 nitrogen and oxygen atoms in total. The molecular formula is C28H39N7O4. The topological polar surface area (TPSA) is 148 Å². The number of Topliss-reactive ketones (excluding diaryl/α,β-unsaturated/α-hetero) is 1. The van der Waals surface area contributed by atoms with Crippen molar-refractivity contribution in [2.45, 2.75) is 58.8 Å². The quantitative estimate of drug-likeness (QED) is 0.354. The van der Waals surface area contributed by atoms with Crippen LogP contribution >= 0.6 is 0 Å². The molecule has 1 amide bonds. The Kier molecular flexibility index (Phi) is 10.7. The molecule has 3 heterocycles. The maximum atomic E-state index is 12.5. The predicted molar refractivity (Wildman–Crippen MR) is 149 cm³/mol. The van der Waals surface area contributed by atoms with Gasteiger partial charge < -0.3 is 25.8 Å². The molecule has 1 saturated heterocycles. The van der Waals surface area contributed by atoms with Crippen molar-refractivity contribution in [3.8, 4) is 11.3 Å². The summed E-state index contributed by atoms with van der Waals surface area (Å²) in [5, 5.41) is 15.5. The summed E-state index contributed by atoms with van der Waals surface area (Å²) >= 11 is 0. The Hall–Kier alpha value is -3.67. The highest BCUT2D eigenvalue weighted by Crippen LogP contribution is 2.23. The fourth-order valence-corrected chi connectivity index (χ4v) is 3.97. The number of ether oxygens (including phenoxy) is 1. The standard InChI is InChI=1S/C24H30N6O2.C4H9NO2/c1-16(2)32-21-14-30(15-21)23(31)8-7-18-5-6-19(11-17(18)3)22-9-10-25-24(28-22)27-20-12-26-29(4)13-20;1-3(7)4(5)2-6/h5-6,9-13,16,21H,7-8,14-15H2,1-4H3,(H,25,27,28);4,6H,2,5H2,1H3/t;4-/m.0/s1. The van der Waals surface area contributed by atoms with Crippen LogP contribution in [0, 0.1) is 6.92 Å². The van der Waals surface area contributed by atoms with Gasteiger partial charge in [0.25, 0.3) is 0 Å². The minimum atomic E-state index is -0.681. The Morgan fingerprint density at radius 1 is 1.26 bits per heavy atom. The first kappa shape index (κ1) is 29.9. The van der Waals surface area contributed by atoms with Crippen LogP contribution < -0.4 is 11.1 Å². The lowest BCUT2D eigenvalue weighted by atomic mass is 9.99. The number of nitrogens with zero attached hydrogens (tertiary/aromatic N) is 5. The minimum absolute atomic E-state index is 0.178. The minimum Gasteiger partial charge on any atom is -0.394 e. The first-order chi connectivity index (χ1) is 18.5. The highest BCUT2D eigenvalue weighted by atomic mass is 16.5. The zero-order valence-corrected chi connectivity index (χ0v) is 23.3. The second-order valence-electron chi connectivity index (χ2n) is 9.94. The first-order valence-corrected chi connectivity index (χ1v) is 13.0. The molecule has 39 heavy (non-hydrogen) atoms. The van der Waals surface area contributed by atoms with Crippen molar-refractivity contribution in [3.05, 3.63) is 54.0 Å². The van der Waals surface area contributed by atoms with Crippen molar-refractivity contribution >= 4 is 23.3 Å². The number of benzene rings is 1. The van der Waals surface area contributed by atoms with E-state index >= 15 is 0 Å². The van der Waals surface area contributed by atoms with Crippen LogP contribution in [0.5, 0.6) is 0 Å². The lowest BCUT2D eigenvalue weighted by Gasteiger charge is -2.40. The van der Waals surface area contributed by atoms with Gasteiger partial charge in [-0.2, -0.15) is 5.10 Å². The lowest BCUT2D eigenvalue weighted by Crippen LogP contribution is -2.55. The number of carbonyl (C=O) groups excluding carboxylic acids is 2. The molecule has 4 N–H and O–H groups in total. The number of likely N-dealkylation sites (tertiary alicyclic amines) is 1. The normalized spacial score (nSPS) is 13.9. The average molecular weight is 538 g/mol. The SMILES string of the molecule is CC(=O)[C@@H](N)CO.Cc1cc(-c2ccnc(Nc3cnn(C)c3)n2)ccc1CCC(=O)N1CC(OC(C)C)C1. The smallest absolute Gasteiger partial charge is 0.227 e. The molecule has 3 aromatic rings. The maximum absolute atomic E-state index is 12.5.